The molecule has 2 bridgehead atoms. The summed E-state index contributed by atoms with van der Waals surface area (Å²) in [5, 5.41) is 0.768. The molecule has 1 aromatic heterocycles. The molecule has 4 nitrogen and oxygen atoms in total. The van der Waals surface area contributed by atoms with Gasteiger partial charge in [-0.3, -0.25) is 9.78 Å². The van der Waals surface area contributed by atoms with Crippen LogP contribution in [-0.2, 0) is 6.42 Å². The van der Waals surface area contributed by atoms with Crippen LogP contribution < -0.4 is 9.47 Å². The van der Waals surface area contributed by atoms with Gasteiger partial charge in [0.25, 0.3) is 0 Å². The fourth-order valence-corrected chi connectivity index (χ4v) is 4.34. The molecule has 0 spiro atoms. The molecule has 2 aliphatic carbocycles. The average Bonchev–Trinajstić information content (AvgIpc) is 3.28. The fourth-order valence-electron chi connectivity index (χ4n) is 3.84. The van der Waals surface area contributed by atoms with Gasteiger partial charge in [0.1, 0.15) is 6.10 Å². The first-order valence-corrected chi connectivity index (χ1v) is 9.65. The van der Waals surface area contributed by atoms with E-state index in [4.69, 9.17) is 32.7 Å². The number of Topliss-reactive ketones (excluding diaryl/α,β-unsaturated/α-hetero) is 1. The van der Waals surface area contributed by atoms with Crippen molar-refractivity contribution in [3.63, 3.8) is 0 Å². The van der Waals surface area contributed by atoms with Gasteiger partial charge < -0.3 is 9.47 Å². The molecular weight excluding hydrogens is 385 g/mol. The van der Waals surface area contributed by atoms with E-state index in [0.717, 1.165) is 12.8 Å². The van der Waals surface area contributed by atoms with E-state index in [1.165, 1.54) is 12.4 Å². The maximum absolute atomic E-state index is 12.8. The summed E-state index contributed by atoms with van der Waals surface area (Å²) in [5.41, 5.74) is 1.11. The van der Waals surface area contributed by atoms with Crippen molar-refractivity contribution < 1.29 is 14.3 Å². The lowest BCUT2D eigenvalue weighted by atomic mass is 10.0. The minimum absolute atomic E-state index is 0.0923. The van der Waals surface area contributed by atoms with E-state index < -0.39 is 0 Å². The standard InChI is InChI=1S/C21H19Cl2NO3/c1-26-19-5-4-13(18(25)9-15-16(22)10-24-11-17(15)23)8-21(19)27-20-7-12-2-3-14(20)6-12/h2-5,8,10-12,14,20H,6-7,9H2,1H3. The topological polar surface area (TPSA) is 48.4 Å². The predicted octanol–water partition coefficient (Wildman–Crippen LogP) is 5.17. The van der Waals surface area contributed by atoms with E-state index in [1.54, 1.807) is 25.3 Å². The van der Waals surface area contributed by atoms with Gasteiger partial charge in [0.15, 0.2) is 17.3 Å². The molecule has 0 radical (unpaired) electrons. The van der Waals surface area contributed by atoms with E-state index in [9.17, 15) is 4.79 Å². The van der Waals surface area contributed by atoms with Gasteiger partial charge in [-0.2, -0.15) is 0 Å². The number of allylic oxidation sites excluding steroid dienone is 1. The molecule has 3 unspecified atom stereocenters. The maximum atomic E-state index is 12.8. The molecule has 2 aliphatic rings. The van der Waals surface area contributed by atoms with E-state index in [1.807, 2.05) is 0 Å². The first-order valence-electron chi connectivity index (χ1n) is 8.89. The minimum atomic E-state index is -0.0923. The number of nitrogens with zero attached hydrogens (tertiary/aromatic N) is 1. The van der Waals surface area contributed by atoms with Crippen LogP contribution in [0.5, 0.6) is 11.5 Å². The average molecular weight is 404 g/mol. The van der Waals surface area contributed by atoms with E-state index >= 15 is 0 Å². The number of carbonyl (C=O) groups excluding carboxylic acids is 1. The van der Waals surface area contributed by atoms with Crippen molar-refractivity contribution in [2.24, 2.45) is 11.8 Å². The molecular formula is C21H19Cl2NO3. The fraction of sp³-hybridized carbons (Fsp3) is 0.333. The number of hydrogen-bond acceptors (Lipinski definition) is 4. The van der Waals surface area contributed by atoms with Gasteiger partial charge in [-0.25, -0.2) is 0 Å². The van der Waals surface area contributed by atoms with Gasteiger partial charge >= 0.3 is 0 Å². The molecule has 0 aliphatic heterocycles. The molecule has 27 heavy (non-hydrogen) atoms. The van der Waals surface area contributed by atoms with Crippen LogP contribution in [0.4, 0.5) is 0 Å². The highest BCUT2D eigenvalue weighted by Gasteiger charge is 2.37. The van der Waals surface area contributed by atoms with Crippen LogP contribution >= 0.6 is 23.2 Å². The monoisotopic (exact) mass is 403 g/mol. The van der Waals surface area contributed by atoms with Gasteiger partial charge in [-0.15, -0.1) is 0 Å². The molecule has 1 heterocycles. The zero-order chi connectivity index (χ0) is 19.0. The van der Waals surface area contributed by atoms with E-state index in [0.29, 0.717) is 44.5 Å². The summed E-state index contributed by atoms with van der Waals surface area (Å²) in [4.78, 5) is 16.7. The summed E-state index contributed by atoms with van der Waals surface area (Å²) < 4.78 is 11.7. The molecule has 140 valence electrons. The Morgan fingerprint density at radius 2 is 1.93 bits per heavy atom. The van der Waals surface area contributed by atoms with E-state index in [2.05, 4.69) is 17.1 Å². The molecule has 0 amide bonds. The minimum Gasteiger partial charge on any atom is -0.493 e. The van der Waals surface area contributed by atoms with Crippen molar-refractivity contribution in [3.05, 3.63) is 63.9 Å². The lowest BCUT2D eigenvalue weighted by Crippen LogP contribution is -2.21. The van der Waals surface area contributed by atoms with Gasteiger partial charge in [0.2, 0.25) is 0 Å². The number of methoxy groups -OCH3 is 1. The zero-order valence-electron chi connectivity index (χ0n) is 14.8. The molecule has 4 rings (SSSR count). The van der Waals surface area contributed by atoms with Gasteiger partial charge in [-0.1, -0.05) is 35.4 Å². The summed E-state index contributed by atoms with van der Waals surface area (Å²) in [7, 11) is 1.60. The summed E-state index contributed by atoms with van der Waals surface area (Å²) in [5.74, 6) is 2.17. The summed E-state index contributed by atoms with van der Waals surface area (Å²) in [6.45, 7) is 0. The van der Waals surface area contributed by atoms with Crippen molar-refractivity contribution in [2.75, 3.05) is 7.11 Å². The highest BCUT2D eigenvalue weighted by Crippen LogP contribution is 2.42. The highest BCUT2D eigenvalue weighted by molar-refractivity contribution is 6.36. The normalized spacial score (nSPS) is 22.9. The van der Waals surface area contributed by atoms with Crippen molar-refractivity contribution in [3.8, 4) is 11.5 Å². The Kier molecular flexibility index (Phi) is 5.11. The van der Waals surface area contributed by atoms with Gasteiger partial charge in [-0.05, 0) is 37.0 Å². The molecule has 6 heteroatoms. The van der Waals surface area contributed by atoms with Crippen molar-refractivity contribution in [1.29, 1.82) is 0 Å². The van der Waals surface area contributed by atoms with Crippen molar-refractivity contribution >= 4 is 29.0 Å². The predicted molar refractivity (Wildman–Crippen MR) is 105 cm³/mol. The zero-order valence-corrected chi connectivity index (χ0v) is 16.3. The quantitative estimate of drug-likeness (QED) is 0.493. The number of halogens is 2. The van der Waals surface area contributed by atoms with Crippen LogP contribution in [0.2, 0.25) is 10.0 Å². The molecule has 1 saturated carbocycles. The molecule has 2 aromatic rings. The Bertz CT molecular complexity index is 892. The third-order valence-electron chi connectivity index (χ3n) is 5.27. The molecule has 3 atom stereocenters. The Morgan fingerprint density at radius 3 is 2.56 bits per heavy atom. The summed E-state index contributed by atoms with van der Waals surface area (Å²) in [6, 6.07) is 5.25. The number of rotatable bonds is 6. The van der Waals surface area contributed by atoms with Gasteiger partial charge in [0.05, 0.1) is 17.2 Å². The first kappa shape index (κ1) is 18.3. The lowest BCUT2D eigenvalue weighted by molar-refractivity contribution is 0.0991. The highest BCUT2D eigenvalue weighted by atomic mass is 35.5. The molecule has 1 aromatic carbocycles. The molecule has 0 saturated heterocycles. The summed E-state index contributed by atoms with van der Waals surface area (Å²) in [6.07, 6.45) is 9.85. The van der Waals surface area contributed by atoms with Crippen LogP contribution in [0.25, 0.3) is 0 Å². The third-order valence-corrected chi connectivity index (χ3v) is 5.92. The number of fused-ring (bicyclic) bond motifs is 2. The number of ketones is 1. The number of benzene rings is 1. The summed E-state index contributed by atoms with van der Waals surface area (Å²) >= 11 is 12.3. The van der Waals surface area contributed by atoms with Crippen LogP contribution in [0.15, 0.2) is 42.7 Å². The van der Waals surface area contributed by atoms with E-state index in [-0.39, 0.29) is 18.3 Å². The van der Waals surface area contributed by atoms with Crippen LogP contribution in [0.1, 0.15) is 28.8 Å². The van der Waals surface area contributed by atoms with Crippen LogP contribution in [-0.4, -0.2) is 24.0 Å². The van der Waals surface area contributed by atoms with Crippen LogP contribution in [0.3, 0.4) is 0 Å². The van der Waals surface area contributed by atoms with Crippen molar-refractivity contribution in [1.82, 2.24) is 4.98 Å². The third kappa shape index (κ3) is 3.69. The number of hydrogen-bond donors (Lipinski definition) is 0. The van der Waals surface area contributed by atoms with Crippen LogP contribution in [0, 0.1) is 11.8 Å². The second kappa shape index (κ2) is 7.53. The number of pyridine rings is 1. The lowest BCUT2D eigenvalue weighted by Gasteiger charge is -2.22. The Balaban J connectivity index is 1.56. The number of aromatic nitrogens is 1. The Morgan fingerprint density at radius 1 is 1.15 bits per heavy atom. The smallest absolute Gasteiger partial charge is 0.167 e. The first-order chi connectivity index (χ1) is 13.0. The van der Waals surface area contributed by atoms with Gasteiger partial charge in [0, 0.05) is 35.9 Å². The largest absolute Gasteiger partial charge is 0.493 e. The SMILES string of the molecule is COc1ccc(C(=O)Cc2c(Cl)cncc2Cl)cc1OC1CC2C=CC1C2. The Labute approximate surface area is 168 Å². The molecule has 1 fully saturated rings. The molecule has 0 N–H and O–H groups in total. The number of ether oxygens (including phenoxy) is 2. The Hall–Kier alpha value is -2.04. The van der Waals surface area contributed by atoms with Crippen molar-refractivity contribution in [2.45, 2.75) is 25.4 Å². The second-order valence-corrected chi connectivity index (χ2v) is 7.80. The number of carbonyl (C=O) groups is 1. The maximum Gasteiger partial charge on any atom is 0.167 e. The second-order valence-electron chi connectivity index (χ2n) is 6.98.